The van der Waals surface area contributed by atoms with Gasteiger partial charge in [-0.1, -0.05) is 42.5 Å². The Kier molecular flexibility index (Phi) is 5.16. The van der Waals surface area contributed by atoms with Crippen molar-refractivity contribution in [2.45, 2.75) is 13.0 Å². The Labute approximate surface area is 168 Å². The minimum Gasteiger partial charge on any atom is -0.454 e. The van der Waals surface area contributed by atoms with Crippen LogP contribution in [-0.4, -0.2) is 18.6 Å². The third-order valence-electron chi connectivity index (χ3n) is 4.70. The van der Waals surface area contributed by atoms with Crippen LogP contribution in [0.3, 0.4) is 0 Å². The highest BCUT2D eigenvalue weighted by Crippen LogP contribution is 2.32. The zero-order chi connectivity index (χ0) is 20.2. The fourth-order valence-electron chi connectivity index (χ4n) is 3.12. The molecule has 6 heteroatoms. The molecule has 146 valence electrons. The SMILES string of the molecule is CC(NC(=O)c1ccccc1NC(=O)c1ccc2c(c1)OCO2)c1ccccc1. The largest absolute Gasteiger partial charge is 0.454 e. The van der Waals surface area contributed by atoms with Crippen LogP contribution in [0.4, 0.5) is 5.69 Å². The van der Waals surface area contributed by atoms with Gasteiger partial charge in [0.05, 0.1) is 17.3 Å². The van der Waals surface area contributed by atoms with E-state index in [-0.39, 0.29) is 24.6 Å². The monoisotopic (exact) mass is 388 g/mol. The van der Waals surface area contributed by atoms with Gasteiger partial charge in [-0.3, -0.25) is 9.59 Å². The highest BCUT2D eigenvalue weighted by Gasteiger charge is 2.19. The second kappa shape index (κ2) is 8.06. The Bertz CT molecular complexity index is 1050. The first-order valence-corrected chi connectivity index (χ1v) is 9.27. The number of benzene rings is 3. The quantitative estimate of drug-likeness (QED) is 0.688. The highest BCUT2D eigenvalue weighted by atomic mass is 16.7. The number of hydrogen-bond acceptors (Lipinski definition) is 4. The molecule has 0 fully saturated rings. The van der Waals surface area contributed by atoms with Gasteiger partial charge in [-0.15, -0.1) is 0 Å². The summed E-state index contributed by atoms with van der Waals surface area (Å²) in [6, 6.07) is 21.4. The van der Waals surface area contributed by atoms with Crippen molar-refractivity contribution in [2.24, 2.45) is 0 Å². The summed E-state index contributed by atoms with van der Waals surface area (Å²) in [5.41, 5.74) is 2.25. The van der Waals surface area contributed by atoms with E-state index in [9.17, 15) is 9.59 Å². The topological polar surface area (TPSA) is 76.7 Å². The van der Waals surface area contributed by atoms with Crippen LogP contribution in [0.2, 0.25) is 0 Å². The van der Waals surface area contributed by atoms with Gasteiger partial charge in [-0.25, -0.2) is 0 Å². The Morgan fingerprint density at radius 2 is 1.59 bits per heavy atom. The molecule has 3 aromatic rings. The van der Waals surface area contributed by atoms with Crippen LogP contribution < -0.4 is 20.1 Å². The molecule has 3 aromatic carbocycles. The van der Waals surface area contributed by atoms with Crippen molar-refractivity contribution in [1.82, 2.24) is 5.32 Å². The van der Waals surface area contributed by atoms with Crippen molar-refractivity contribution in [3.8, 4) is 11.5 Å². The van der Waals surface area contributed by atoms with Crippen molar-refractivity contribution in [1.29, 1.82) is 0 Å². The van der Waals surface area contributed by atoms with E-state index in [1.165, 1.54) is 0 Å². The summed E-state index contributed by atoms with van der Waals surface area (Å²) in [6.07, 6.45) is 0. The van der Waals surface area contributed by atoms with Crippen molar-refractivity contribution in [2.75, 3.05) is 12.1 Å². The molecule has 6 nitrogen and oxygen atoms in total. The van der Waals surface area contributed by atoms with Crippen LogP contribution in [0.5, 0.6) is 11.5 Å². The molecule has 1 atom stereocenters. The summed E-state index contributed by atoms with van der Waals surface area (Å²) in [5.74, 6) is 0.541. The van der Waals surface area contributed by atoms with E-state index in [0.717, 1.165) is 5.56 Å². The molecule has 0 saturated heterocycles. The van der Waals surface area contributed by atoms with Crippen molar-refractivity contribution in [3.63, 3.8) is 0 Å². The lowest BCUT2D eigenvalue weighted by Gasteiger charge is -2.16. The number of para-hydroxylation sites is 1. The molecule has 2 N–H and O–H groups in total. The van der Waals surface area contributed by atoms with Gasteiger partial charge in [-0.05, 0) is 42.8 Å². The molecule has 4 rings (SSSR count). The van der Waals surface area contributed by atoms with E-state index in [1.54, 1.807) is 42.5 Å². The fourth-order valence-corrected chi connectivity index (χ4v) is 3.12. The van der Waals surface area contributed by atoms with Gasteiger partial charge in [0.1, 0.15) is 0 Å². The van der Waals surface area contributed by atoms with Gasteiger partial charge in [0.15, 0.2) is 11.5 Å². The first kappa shape index (κ1) is 18.6. The first-order chi connectivity index (χ1) is 14.1. The molecule has 0 bridgehead atoms. The Balaban J connectivity index is 1.50. The van der Waals surface area contributed by atoms with Crippen LogP contribution in [0.15, 0.2) is 72.8 Å². The number of carbonyl (C=O) groups excluding carboxylic acids is 2. The second-order valence-corrected chi connectivity index (χ2v) is 6.67. The molecule has 1 aliphatic rings. The summed E-state index contributed by atoms with van der Waals surface area (Å²) in [6.45, 7) is 2.06. The van der Waals surface area contributed by atoms with Crippen molar-refractivity contribution >= 4 is 17.5 Å². The average molecular weight is 388 g/mol. The summed E-state index contributed by atoms with van der Waals surface area (Å²) >= 11 is 0. The highest BCUT2D eigenvalue weighted by molar-refractivity contribution is 6.09. The van der Waals surface area contributed by atoms with E-state index in [1.807, 2.05) is 37.3 Å². The average Bonchev–Trinajstić information content (AvgIpc) is 3.22. The lowest BCUT2D eigenvalue weighted by atomic mass is 10.1. The van der Waals surface area contributed by atoms with Crippen LogP contribution in [0.1, 0.15) is 39.2 Å². The number of amides is 2. The van der Waals surface area contributed by atoms with Gasteiger partial charge in [0.2, 0.25) is 6.79 Å². The summed E-state index contributed by atoms with van der Waals surface area (Å²) in [4.78, 5) is 25.5. The Hall–Kier alpha value is -3.80. The molecule has 29 heavy (non-hydrogen) atoms. The zero-order valence-corrected chi connectivity index (χ0v) is 15.8. The van der Waals surface area contributed by atoms with Crippen molar-refractivity contribution < 1.29 is 19.1 Å². The first-order valence-electron chi connectivity index (χ1n) is 9.27. The van der Waals surface area contributed by atoms with Gasteiger partial charge in [0, 0.05) is 5.56 Å². The van der Waals surface area contributed by atoms with Gasteiger partial charge in [0.25, 0.3) is 11.8 Å². The summed E-state index contributed by atoms with van der Waals surface area (Å²) in [7, 11) is 0. The van der Waals surface area contributed by atoms with E-state index in [4.69, 9.17) is 9.47 Å². The second-order valence-electron chi connectivity index (χ2n) is 6.67. The lowest BCUT2D eigenvalue weighted by molar-refractivity contribution is 0.0940. The van der Waals surface area contributed by atoms with Crippen molar-refractivity contribution in [3.05, 3.63) is 89.5 Å². The van der Waals surface area contributed by atoms with E-state index < -0.39 is 0 Å². The van der Waals surface area contributed by atoms with Crippen LogP contribution in [-0.2, 0) is 0 Å². The molecule has 0 aliphatic carbocycles. The number of anilines is 1. The minimum atomic E-state index is -0.334. The van der Waals surface area contributed by atoms with Crippen LogP contribution in [0, 0.1) is 0 Å². The fraction of sp³-hybridized carbons (Fsp3) is 0.130. The maximum Gasteiger partial charge on any atom is 0.255 e. The smallest absolute Gasteiger partial charge is 0.255 e. The van der Waals surface area contributed by atoms with E-state index >= 15 is 0 Å². The van der Waals surface area contributed by atoms with Gasteiger partial charge < -0.3 is 20.1 Å². The number of carbonyl (C=O) groups is 2. The molecule has 0 spiro atoms. The maximum atomic E-state index is 12.8. The number of hydrogen-bond donors (Lipinski definition) is 2. The summed E-state index contributed by atoms with van der Waals surface area (Å²) in [5, 5.41) is 5.79. The molecule has 2 amide bonds. The third kappa shape index (κ3) is 4.06. The Morgan fingerprint density at radius 3 is 2.41 bits per heavy atom. The van der Waals surface area contributed by atoms with Gasteiger partial charge in [-0.2, -0.15) is 0 Å². The number of rotatable bonds is 5. The number of fused-ring (bicyclic) bond motifs is 1. The standard InChI is InChI=1S/C23H20N2O4/c1-15(16-7-3-2-4-8-16)24-23(27)18-9-5-6-10-19(18)25-22(26)17-11-12-20-21(13-17)29-14-28-20/h2-13,15H,14H2,1H3,(H,24,27)(H,25,26). The molecule has 1 heterocycles. The van der Waals surface area contributed by atoms with E-state index in [0.29, 0.717) is 28.3 Å². The predicted molar refractivity (Wildman–Crippen MR) is 109 cm³/mol. The predicted octanol–water partition coefficient (Wildman–Crippen LogP) is 4.16. The zero-order valence-electron chi connectivity index (χ0n) is 15.8. The summed E-state index contributed by atoms with van der Waals surface area (Å²) < 4.78 is 10.6. The molecular formula is C23H20N2O4. The van der Waals surface area contributed by atoms with Crippen LogP contribution >= 0.6 is 0 Å². The maximum absolute atomic E-state index is 12.8. The van der Waals surface area contributed by atoms with E-state index in [2.05, 4.69) is 10.6 Å². The molecule has 1 unspecified atom stereocenters. The molecule has 1 aliphatic heterocycles. The molecular weight excluding hydrogens is 368 g/mol. The number of ether oxygens (including phenoxy) is 2. The molecule has 0 saturated carbocycles. The molecule has 0 radical (unpaired) electrons. The lowest BCUT2D eigenvalue weighted by Crippen LogP contribution is -2.28. The van der Waals surface area contributed by atoms with Crippen LogP contribution in [0.25, 0.3) is 0 Å². The number of nitrogens with one attached hydrogen (secondary N) is 2. The Morgan fingerprint density at radius 1 is 0.862 bits per heavy atom. The van der Waals surface area contributed by atoms with Gasteiger partial charge >= 0.3 is 0 Å². The molecule has 0 aromatic heterocycles. The third-order valence-corrected chi connectivity index (χ3v) is 4.70. The minimum absolute atomic E-state index is 0.142. The normalized spacial score (nSPS) is 12.9.